The van der Waals surface area contributed by atoms with E-state index in [0.29, 0.717) is 16.7 Å². The molecule has 11 heteroatoms. The number of aryl methyl sites for hydroxylation is 1. The lowest BCUT2D eigenvalue weighted by Crippen LogP contribution is -2.23. The molecule has 0 atom stereocenters. The summed E-state index contributed by atoms with van der Waals surface area (Å²) in [5.74, 6) is 5.72. The Balaban J connectivity index is 1.76. The number of nitrogen functional groups attached to an aromatic ring is 1. The predicted molar refractivity (Wildman–Crippen MR) is 97.2 cm³/mol. The standard InChI is InChI=1S/C16H19F3N6OS/c1-10-22-23-15(25(10)20)27-9-14(26)21-12-8-11(16(17,18)19)4-5-13(12)24-6-2-3-7-24/h4-5,8H,2-3,6-7,9,20H2,1H3,(H,21,26). The molecule has 1 aliphatic heterocycles. The summed E-state index contributed by atoms with van der Waals surface area (Å²) in [5.41, 5.74) is -0.0508. The molecule has 3 N–H and O–H groups in total. The Bertz CT molecular complexity index is 832. The molecule has 0 bridgehead atoms. The van der Waals surface area contributed by atoms with E-state index in [4.69, 9.17) is 5.84 Å². The van der Waals surface area contributed by atoms with Crippen molar-refractivity contribution in [3.05, 3.63) is 29.6 Å². The number of benzene rings is 1. The van der Waals surface area contributed by atoms with Crippen LogP contribution in [0.3, 0.4) is 0 Å². The number of thioether (sulfide) groups is 1. The van der Waals surface area contributed by atoms with E-state index in [1.807, 2.05) is 4.90 Å². The number of rotatable bonds is 5. The van der Waals surface area contributed by atoms with Gasteiger partial charge in [-0.3, -0.25) is 4.79 Å². The Hall–Kier alpha value is -2.43. The zero-order valence-corrected chi connectivity index (χ0v) is 15.4. The second-order valence-electron chi connectivity index (χ2n) is 6.16. The van der Waals surface area contributed by atoms with Crippen molar-refractivity contribution in [2.45, 2.75) is 31.1 Å². The van der Waals surface area contributed by atoms with Gasteiger partial charge in [0.2, 0.25) is 11.1 Å². The number of carbonyl (C=O) groups is 1. The molecule has 1 fully saturated rings. The van der Waals surface area contributed by atoms with Gasteiger partial charge in [-0.2, -0.15) is 13.2 Å². The summed E-state index contributed by atoms with van der Waals surface area (Å²) in [7, 11) is 0. The summed E-state index contributed by atoms with van der Waals surface area (Å²) in [5, 5.41) is 10.6. The van der Waals surface area contributed by atoms with Crippen LogP contribution in [0.25, 0.3) is 0 Å². The number of hydrogen-bond donors (Lipinski definition) is 2. The number of nitrogens with one attached hydrogen (secondary N) is 1. The average molecular weight is 400 g/mol. The minimum Gasteiger partial charge on any atom is -0.370 e. The van der Waals surface area contributed by atoms with Gasteiger partial charge in [-0.1, -0.05) is 11.8 Å². The molecule has 3 rings (SSSR count). The lowest BCUT2D eigenvalue weighted by atomic mass is 10.1. The number of carbonyl (C=O) groups excluding carboxylic acids is 1. The summed E-state index contributed by atoms with van der Waals surface area (Å²) in [6.07, 6.45) is -2.54. The van der Waals surface area contributed by atoms with E-state index in [2.05, 4.69) is 15.5 Å². The molecule has 0 aliphatic carbocycles. The molecule has 1 saturated heterocycles. The smallest absolute Gasteiger partial charge is 0.370 e. The molecule has 0 radical (unpaired) electrons. The van der Waals surface area contributed by atoms with Crippen LogP contribution >= 0.6 is 11.8 Å². The number of amides is 1. The molecule has 0 saturated carbocycles. The van der Waals surface area contributed by atoms with E-state index >= 15 is 0 Å². The maximum atomic E-state index is 13.1. The maximum Gasteiger partial charge on any atom is 0.416 e. The Labute approximate surface area is 158 Å². The maximum absolute atomic E-state index is 13.1. The van der Waals surface area contributed by atoms with Crippen molar-refractivity contribution in [2.24, 2.45) is 0 Å². The first kappa shape index (κ1) is 19.3. The summed E-state index contributed by atoms with van der Waals surface area (Å²) >= 11 is 1.06. The molecule has 1 aliphatic rings. The van der Waals surface area contributed by atoms with Crippen LogP contribution in [0.4, 0.5) is 24.5 Å². The van der Waals surface area contributed by atoms with Crippen molar-refractivity contribution < 1.29 is 18.0 Å². The van der Waals surface area contributed by atoms with Gasteiger partial charge < -0.3 is 16.1 Å². The van der Waals surface area contributed by atoms with Crippen LogP contribution in [0.1, 0.15) is 24.2 Å². The van der Waals surface area contributed by atoms with Crippen molar-refractivity contribution >= 4 is 29.0 Å². The molecule has 2 heterocycles. The number of anilines is 2. The first-order chi connectivity index (χ1) is 12.8. The lowest BCUT2D eigenvalue weighted by Gasteiger charge is -2.23. The fourth-order valence-corrected chi connectivity index (χ4v) is 3.51. The van der Waals surface area contributed by atoms with Gasteiger partial charge in [0.05, 0.1) is 22.7 Å². The minimum absolute atomic E-state index is 0.0506. The largest absolute Gasteiger partial charge is 0.416 e. The van der Waals surface area contributed by atoms with Gasteiger partial charge in [-0.25, -0.2) is 4.68 Å². The molecule has 27 heavy (non-hydrogen) atoms. The number of nitrogens with zero attached hydrogens (tertiary/aromatic N) is 4. The van der Waals surface area contributed by atoms with E-state index in [0.717, 1.165) is 49.8 Å². The fourth-order valence-electron chi connectivity index (χ4n) is 2.81. The molecule has 1 amide bonds. The highest BCUT2D eigenvalue weighted by molar-refractivity contribution is 7.99. The van der Waals surface area contributed by atoms with Gasteiger partial charge in [-0.05, 0) is 38.0 Å². The second-order valence-corrected chi connectivity index (χ2v) is 7.10. The summed E-state index contributed by atoms with van der Waals surface area (Å²) in [4.78, 5) is 14.3. The number of aromatic nitrogens is 3. The highest BCUT2D eigenvalue weighted by atomic mass is 32.2. The topological polar surface area (TPSA) is 89.1 Å². The SMILES string of the molecule is Cc1nnc(SCC(=O)Nc2cc(C(F)(F)F)ccc2N2CCCC2)n1N. The van der Waals surface area contributed by atoms with Gasteiger partial charge in [0, 0.05) is 13.1 Å². The van der Waals surface area contributed by atoms with Crippen LogP contribution in [0, 0.1) is 6.92 Å². The van der Waals surface area contributed by atoms with Crippen molar-refractivity contribution in [2.75, 3.05) is 34.9 Å². The number of hydrogen-bond acceptors (Lipinski definition) is 6. The molecule has 146 valence electrons. The molecule has 2 aromatic rings. The third kappa shape index (κ3) is 4.46. The van der Waals surface area contributed by atoms with Crippen molar-refractivity contribution in [1.29, 1.82) is 0 Å². The van der Waals surface area contributed by atoms with E-state index < -0.39 is 17.6 Å². The van der Waals surface area contributed by atoms with Crippen molar-refractivity contribution in [3.8, 4) is 0 Å². The summed E-state index contributed by atoms with van der Waals surface area (Å²) < 4.78 is 40.5. The first-order valence-corrected chi connectivity index (χ1v) is 9.30. The molecule has 0 unspecified atom stereocenters. The summed E-state index contributed by atoms with van der Waals surface area (Å²) in [6, 6.07) is 3.43. The van der Waals surface area contributed by atoms with Crippen LogP contribution in [0.15, 0.2) is 23.4 Å². The number of halogens is 3. The van der Waals surface area contributed by atoms with E-state index in [-0.39, 0.29) is 11.4 Å². The zero-order chi connectivity index (χ0) is 19.6. The molecule has 0 spiro atoms. The molecular formula is C16H19F3N6OS. The van der Waals surface area contributed by atoms with Crippen LogP contribution in [-0.4, -0.2) is 39.6 Å². The Morgan fingerprint density at radius 3 is 2.59 bits per heavy atom. The highest BCUT2D eigenvalue weighted by Gasteiger charge is 2.32. The fraction of sp³-hybridized carbons (Fsp3) is 0.438. The van der Waals surface area contributed by atoms with Gasteiger partial charge >= 0.3 is 6.18 Å². The Kier molecular flexibility index (Phi) is 5.49. The van der Waals surface area contributed by atoms with Crippen LogP contribution in [0.5, 0.6) is 0 Å². The quantitative estimate of drug-likeness (QED) is 0.593. The van der Waals surface area contributed by atoms with Crippen molar-refractivity contribution in [3.63, 3.8) is 0 Å². The highest BCUT2D eigenvalue weighted by Crippen LogP contribution is 2.36. The normalized spacial score (nSPS) is 14.6. The van der Waals surface area contributed by atoms with Gasteiger partial charge in [-0.15, -0.1) is 10.2 Å². The predicted octanol–water partition coefficient (Wildman–Crippen LogP) is 2.65. The lowest BCUT2D eigenvalue weighted by molar-refractivity contribution is -0.137. The third-order valence-corrected chi connectivity index (χ3v) is 5.16. The van der Waals surface area contributed by atoms with Crippen LogP contribution in [0.2, 0.25) is 0 Å². The van der Waals surface area contributed by atoms with Crippen LogP contribution in [-0.2, 0) is 11.0 Å². The zero-order valence-electron chi connectivity index (χ0n) is 14.6. The summed E-state index contributed by atoms with van der Waals surface area (Å²) in [6.45, 7) is 3.17. The second kappa shape index (κ2) is 7.67. The van der Waals surface area contributed by atoms with Crippen LogP contribution < -0.4 is 16.1 Å². The molecule has 1 aromatic heterocycles. The van der Waals surface area contributed by atoms with Gasteiger partial charge in [0.25, 0.3) is 0 Å². The number of nitrogens with two attached hydrogens (primary N) is 1. The Morgan fingerprint density at radius 2 is 2.00 bits per heavy atom. The van der Waals surface area contributed by atoms with Gasteiger partial charge in [0.15, 0.2) is 0 Å². The van der Waals surface area contributed by atoms with E-state index in [1.54, 1.807) is 6.92 Å². The minimum atomic E-state index is -4.48. The van der Waals surface area contributed by atoms with Crippen molar-refractivity contribution in [1.82, 2.24) is 14.9 Å². The first-order valence-electron chi connectivity index (χ1n) is 8.31. The van der Waals surface area contributed by atoms with Gasteiger partial charge in [0.1, 0.15) is 5.82 Å². The monoisotopic (exact) mass is 400 g/mol. The number of alkyl halides is 3. The van der Waals surface area contributed by atoms with E-state index in [1.165, 1.54) is 10.7 Å². The Morgan fingerprint density at radius 1 is 1.30 bits per heavy atom. The molecule has 7 nitrogen and oxygen atoms in total. The molecular weight excluding hydrogens is 381 g/mol. The van der Waals surface area contributed by atoms with E-state index in [9.17, 15) is 18.0 Å². The third-order valence-electron chi connectivity index (χ3n) is 4.21. The average Bonchev–Trinajstić information content (AvgIpc) is 3.24. The molecule has 1 aromatic carbocycles.